The molecule has 3 rings (SSSR count). The molecule has 0 fully saturated rings. The Morgan fingerprint density at radius 2 is 2.10 bits per heavy atom. The molecular formula is C17H16N2OS. The highest BCUT2D eigenvalue weighted by atomic mass is 32.1. The van der Waals surface area contributed by atoms with Crippen molar-refractivity contribution >= 4 is 22.2 Å². The van der Waals surface area contributed by atoms with Crippen molar-refractivity contribution in [1.82, 2.24) is 0 Å². The Morgan fingerprint density at radius 1 is 1.33 bits per heavy atom. The van der Waals surface area contributed by atoms with Crippen LogP contribution in [-0.4, -0.2) is 5.91 Å². The second-order valence-corrected chi connectivity index (χ2v) is 6.49. The molecule has 1 aromatic heterocycles. The lowest BCUT2D eigenvalue weighted by Gasteiger charge is -2.04. The maximum atomic E-state index is 12.1. The fourth-order valence-corrected chi connectivity index (χ4v) is 3.93. The van der Waals surface area contributed by atoms with E-state index < -0.39 is 0 Å². The molecule has 1 aliphatic carbocycles. The lowest BCUT2D eigenvalue weighted by molar-refractivity contribution is -0.115. The van der Waals surface area contributed by atoms with Gasteiger partial charge in [-0.1, -0.05) is 29.8 Å². The predicted molar refractivity (Wildman–Crippen MR) is 84.6 cm³/mol. The van der Waals surface area contributed by atoms with Crippen molar-refractivity contribution in [2.24, 2.45) is 0 Å². The van der Waals surface area contributed by atoms with E-state index in [1.807, 2.05) is 31.2 Å². The van der Waals surface area contributed by atoms with E-state index in [1.54, 1.807) is 11.3 Å². The molecule has 0 atom stereocenters. The van der Waals surface area contributed by atoms with Crippen LogP contribution in [0.3, 0.4) is 0 Å². The first-order chi connectivity index (χ1) is 10.2. The number of nitrogens with zero attached hydrogens (tertiary/aromatic N) is 1. The van der Waals surface area contributed by atoms with Gasteiger partial charge in [0.05, 0.1) is 12.0 Å². The molecule has 0 saturated heterocycles. The van der Waals surface area contributed by atoms with Gasteiger partial charge in [-0.3, -0.25) is 4.79 Å². The lowest BCUT2D eigenvalue weighted by Crippen LogP contribution is -2.14. The summed E-state index contributed by atoms with van der Waals surface area (Å²) >= 11 is 1.56. The average molecular weight is 296 g/mol. The van der Waals surface area contributed by atoms with Crippen LogP contribution in [0.5, 0.6) is 0 Å². The minimum atomic E-state index is -0.0599. The summed E-state index contributed by atoms with van der Waals surface area (Å²) in [6.07, 6.45) is 3.45. The summed E-state index contributed by atoms with van der Waals surface area (Å²) in [5.41, 5.74) is 3.99. The molecule has 1 aliphatic rings. The number of nitrogens with one attached hydrogen (secondary N) is 1. The van der Waals surface area contributed by atoms with Crippen molar-refractivity contribution in [2.75, 3.05) is 5.32 Å². The smallest absolute Gasteiger partial charge is 0.229 e. The Bertz CT molecular complexity index is 722. The van der Waals surface area contributed by atoms with Crippen molar-refractivity contribution in [3.63, 3.8) is 0 Å². The zero-order valence-corrected chi connectivity index (χ0v) is 12.7. The first-order valence-electron chi connectivity index (χ1n) is 7.07. The zero-order valence-electron chi connectivity index (χ0n) is 11.9. The van der Waals surface area contributed by atoms with Crippen molar-refractivity contribution in [1.29, 1.82) is 5.26 Å². The fourth-order valence-electron chi connectivity index (χ4n) is 2.67. The van der Waals surface area contributed by atoms with Crippen LogP contribution in [0.1, 0.15) is 33.6 Å². The standard InChI is InChI=1S/C17H16N2OS/c1-11-5-7-12(8-6-11)9-16(20)19-17-14(10-18)13-3-2-4-15(13)21-17/h5-8H,2-4,9H2,1H3,(H,19,20). The van der Waals surface area contributed by atoms with Gasteiger partial charge in [0.1, 0.15) is 11.1 Å². The molecule has 0 aliphatic heterocycles. The van der Waals surface area contributed by atoms with Gasteiger partial charge in [-0.25, -0.2) is 0 Å². The minimum absolute atomic E-state index is 0.0599. The Morgan fingerprint density at radius 3 is 2.81 bits per heavy atom. The fraction of sp³-hybridized carbons (Fsp3) is 0.294. The van der Waals surface area contributed by atoms with Crippen LogP contribution in [0.4, 0.5) is 5.00 Å². The lowest BCUT2D eigenvalue weighted by atomic mass is 10.1. The van der Waals surface area contributed by atoms with E-state index in [1.165, 1.54) is 10.4 Å². The second kappa shape index (κ2) is 5.71. The number of benzene rings is 1. The Kier molecular flexibility index (Phi) is 3.76. The molecule has 21 heavy (non-hydrogen) atoms. The van der Waals surface area contributed by atoms with Crippen LogP contribution < -0.4 is 5.32 Å². The predicted octanol–water partition coefficient (Wildman–Crippen LogP) is 3.60. The number of amides is 1. The second-order valence-electron chi connectivity index (χ2n) is 5.38. The highest BCUT2D eigenvalue weighted by Crippen LogP contribution is 2.38. The third-order valence-electron chi connectivity index (χ3n) is 3.77. The summed E-state index contributed by atoms with van der Waals surface area (Å²) in [6.45, 7) is 2.02. The van der Waals surface area contributed by atoms with Crippen molar-refractivity contribution in [3.05, 3.63) is 51.4 Å². The van der Waals surface area contributed by atoms with Crippen molar-refractivity contribution < 1.29 is 4.79 Å². The first kappa shape index (κ1) is 13.8. The number of fused-ring (bicyclic) bond motifs is 1. The van der Waals surface area contributed by atoms with Crippen LogP contribution >= 0.6 is 11.3 Å². The average Bonchev–Trinajstić information content (AvgIpc) is 3.01. The largest absolute Gasteiger partial charge is 0.316 e. The van der Waals surface area contributed by atoms with E-state index in [4.69, 9.17) is 0 Å². The van der Waals surface area contributed by atoms with Crippen molar-refractivity contribution in [2.45, 2.75) is 32.6 Å². The quantitative estimate of drug-likeness (QED) is 0.941. The minimum Gasteiger partial charge on any atom is -0.316 e. The molecule has 106 valence electrons. The Hall–Kier alpha value is -2.12. The van der Waals surface area contributed by atoms with Gasteiger partial charge in [0.2, 0.25) is 5.91 Å². The van der Waals surface area contributed by atoms with Crippen LogP contribution in [0.15, 0.2) is 24.3 Å². The molecule has 0 radical (unpaired) electrons. The maximum absolute atomic E-state index is 12.1. The zero-order chi connectivity index (χ0) is 14.8. The van der Waals surface area contributed by atoms with Gasteiger partial charge in [0.15, 0.2) is 0 Å². The van der Waals surface area contributed by atoms with Crippen LogP contribution in [-0.2, 0) is 24.1 Å². The van der Waals surface area contributed by atoms with Crippen LogP contribution in [0, 0.1) is 18.3 Å². The summed E-state index contributed by atoms with van der Waals surface area (Å²) < 4.78 is 0. The number of nitriles is 1. The van der Waals surface area contributed by atoms with Crippen LogP contribution in [0.2, 0.25) is 0 Å². The van der Waals surface area contributed by atoms with E-state index in [0.29, 0.717) is 12.0 Å². The van der Waals surface area contributed by atoms with Gasteiger partial charge in [-0.2, -0.15) is 5.26 Å². The molecular weight excluding hydrogens is 280 g/mol. The number of hydrogen-bond acceptors (Lipinski definition) is 3. The molecule has 1 aromatic carbocycles. The van der Waals surface area contributed by atoms with Crippen molar-refractivity contribution in [3.8, 4) is 6.07 Å². The number of hydrogen-bond donors (Lipinski definition) is 1. The molecule has 1 amide bonds. The number of carbonyl (C=O) groups excluding carboxylic acids is 1. The third-order valence-corrected chi connectivity index (χ3v) is 4.98. The molecule has 0 saturated carbocycles. The van der Waals surface area contributed by atoms with Gasteiger partial charge in [0, 0.05) is 4.88 Å². The topological polar surface area (TPSA) is 52.9 Å². The first-order valence-corrected chi connectivity index (χ1v) is 7.89. The normalized spacial score (nSPS) is 12.8. The number of aryl methyl sites for hydroxylation is 2. The number of thiophene rings is 1. The SMILES string of the molecule is Cc1ccc(CC(=O)Nc2sc3c(c2C#N)CCC3)cc1. The molecule has 4 heteroatoms. The van der Waals surface area contributed by atoms with Gasteiger partial charge in [-0.15, -0.1) is 11.3 Å². The highest BCUT2D eigenvalue weighted by Gasteiger charge is 2.22. The summed E-state index contributed by atoms with van der Waals surface area (Å²) in [6, 6.07) is 10.2. The van der Waals surface area contributed by atoms with Gasteiger partial charge in [-0.05, 0) is 37.3 Å². The molecule has 0 bridgehead atoms. The number of carbonyl (C=O) groups is 1. The Balaban J connectivity index is 1.73. The molecule has 2 aromatic rings. The molecule has 1 N–H and O–H groups in total. The maximum Gasteiger partial charge on any atom is 0.229 e. The van der Waals surface area contributed by atoms with E-state index in [9.17, 15) is 10.1 Å². The highest BCUT2D eigenvalue weighted by molar-refractivity contribution is 7.16. The third kappa shape index (κ3) is 2.84. The van der Waals surface area contributed by atoms with Crippen LogP contribution in [0.25, 0.3) is 0 Å². The van der Waals surface area contributed by atoms with E-state index in [-0.39, 0.29) is 5.91 Å². The molecule has 3 nitrogen and oxygen atoms in total. The monoisotopic (exact) mass is 296 g/mol. The summed E-state index contributed by atoms with van der Waals surface area (Å²) in [5.74, 6) is -0.0599. The molecule has 1 heterocycles. The number of anilines is 1. The summed E-state index contributed by atoms with van der Waals surface area (Å²) in [4.78, 5) is 13.4. The van der Waals surface area contributed by atoms with Gasteiger partial charge >= 0.3 is 0 Å². The number of rotatable bonds is 3. The Labute approximate surface area is 128 Å². The van der Waals surface area contributed by atoms with E-state index in [0.717, 1.165) is 35.4 Å². The summed E-state index contributed by atoms with van der Waals surface area (Å²) in [5, 5.41) is 12.9. The van der Waals surface area contributed by atoms with Gasteiger partial charge in [0.25, 0.3) is 0 Å². The molecule has 0 unspecified atom stereocenters. The van der Waals surface area contributed by atoms with Gasteiger partial charge < -0.3 is 5.32 Å². The summed E-state index contributed by atoms with van der Waals surface area (Å²) in [7, 11) is 0. The molecule has 0 spiro atoms. The van der Waals surface area contributed by atoms with E-state index in [2.05, 4.69) is 11.4 Å². The van der Waals surface area contributed by atoms with E-state index >= 15 is 0 Å².